The number of rotatable bonds is 11. The third-order valence-electron chi connectivity index (χ3n) is 5.18. The third-order valence-corrected chi connectivity index (χ3v) is 6.39. The summed E-state index contributed by atoms with van der Waals surface area (Å²) in [6.45, 7) is 8.49. The Labute approximate surface area is 214 Å². The van der Waals surface area contributed by atoms with Gasteiger partial charge in [0.15, 0.2) is 6.61 Å². The zero-order chi connectivity index (χ0) is 24.5. The van der Waals surface area contributed by atoms with Gasteiger partial charge in [0.05, 0.1) is 4.47 Å². The number of carbonyl (C=O) groups is 2. The van der Waals surface area contributed by atoms with Crippen LogP contribution in [-0.4, -0.2) is 35.9 Å². The van der Waals surface area contributed by atoms with Gasteiger partial charge in [0.2, 0.25) is 5.91 Å². The molecule has 5 nitrogen and oxygen atoms in total. The standard InChI is InChI=1S/C25H31BrCl2N2O3/c1-5-17-7-10-23(20(26)11-17)33-15-24(31)30(14-18-8-9-19(27)12-21(18)28)22(6-2)25(32)29-13-16(3)4/h7-12,16,22H,5-6,13-15H2,1-4H3,(H,29,32)/t22-/m0/s1. The van der Waals surface area contributed by atoms with Crippen LogP contribution in [0.3, 0.4) is 0 Å². The summed E-state index contributed by atoms with van der Waals surface area (Å²) in [6.07, 6.45) is 1.35. The first kappa shape index (κ1) is 27.5. The maximum Gasteiger partial charge on any atom is 0.261 e. The van der Waals surface area contributed by atoms with Gasteiger partial charge in [0.1, 0.15) is 11.8 Å². The lowest BCUT2D eigenvalue weighted by molar-refractivity contribution is -0.143. The molecule has 1 atom stereocenters. The van der Waals surface area contributed by atoms with Gasteiger partial charge < -0.3 is 15.0 Å². The summed E-state index contributed by atoms with van der Waals surface area (Å²) < 4.78 is 6.60. The second kappa shape index (κ2) is 13.2. The molecule has 0 saturated carbocycles. The Morgan fingerprint density at radius 1 is 1.12 bits per heavy atom. The van der Waals surface area contributed by atoms with Crippen LogP contribution in [0.25, 0.3) is 0 Å². The van der Waals surface area contributed by atoms with E-state index in [9.17, 15) is 9.59 Å². The molecule has 0 aliphatic carbocycles. The molecule has 2 rings (SSSR count). The lowest BCUT2D eigenvalue weighted by Gasteiger charge is -2.31. The number of hydrogen-bond acceptors (Lipinski definition) is 3. The molecule has 0 heterocycles. The Balaban J connectivity index is 2.25. The number of halogens is 3. The fraction of sp³-hybridized carbons (Fsp3) is 0.440. The molecule has 0 aromatic heterocycles. The monoisotopic (exact) mass is 556 g/mol. The minimum Gasteiger partial charge on any atom is -0.483 e. The molecule has 2 amide bonds. The van der Waals surface area contributed by atoms with Crippen LogP contribution < -0.4 is 10.1 Å². The fourth-order valence-corrected chi connectivity index (χ4v) is 4.29. The topological polar surface area (TPSA) is 58.6 Å². The molecule has 2 aromatic carbocycles. The van der Waals surface area contributed by atoms with Gasteiger partial charge in [-0.25, -0.2) is 0 Å². The van der Waals surface area contributed by atoms with Gasteiger partial charge in [-0.15, -0.1) is 0 Å². The molecule has 180 valence electrons. The molecular weight excluding hydrogens is 527 g/mol. The van der Waals surface area contributed by atoms with Gasteiger partial charge in [-0.2, -0.15) is 0 Å². The molecule has 0 aliphatic heterocycles. The normalized spacial score (nSPS) is 11.9. The maximum absolute atomic E-state index is 13.3. The molecule has 0 spiro atoms. The van der Waals surface area contributed by atoms with Crippen molar-refractivity contribution in [1.82, 2.24) is 10.2 Å². The van der Waals surface area contributed by atoms with E-state index in [0.29, 0.717) is 40.2 Å². The number of benzene rings is 2. The van der Waals surface area contributed by atoms with Gasteiger partial charge >= 0.3 is 0 Å². The van der Waals surface area contributed by atoms with Crippen molar-refractivity contribution in [2.45, 2.75) is 53.1 Å². The predicted octanol–water partition coefficient (Wildman–Crippen LogP) is 6.28. The first-order chi connectivity index (χ1) is 15.7. The summed E-state index contributed by atoms with van der Waals surface area (Å²) in [5.74, 6) is 0.368. The Morgan fingerprint density at radius 2 is 1.85 bits per heavy atom. The molecular formula is C25H31BrCl2N2O3. The van der Waals surface area contributed by atoms with E-state index in [-0.39, 0.29) is 25.0 Å². The van der Waals surface area contributed by atoms with E-state index >= 15 is 0 Å². The number of nitrogens with one attached hydrogen (secondary N) is 1. The van der Waals surface area contributed by atoms with Gasteiger partial charge in [0.25, 0.3) is 5.91 Å². The van der Waals surface area contributed by atoms with Crippen molar-refractivity contribution in [1.29, 1.82) is 0 Å². The van der Waals surface area contributed by atoms with Crippen LogP contribution in [0, 0.1) is 5.92 Å². The van der Waals surface area contributed by atoms with Gasteiger partial charge in [-0.1, -0.05) is 63.0 Å². The molecule has 2 aromatic rings. The number of carbonyl (C=O) groups excluding carboxylic acids is 2. The van der Waals surface area contributed by atoms with E-state index in [1.807, 2.05) is 39.0 Å². The molecule has 0 fully saturated rings. The highest BCUT2D eigenvalue weighted by atomic mass is 79.9. The zero-order valence-corrected chi connectivity index (χ0v) is 22.6. The first-order valence-corrected chi connectivity index (χ1v) is 12.6. The van der Waals surface area contributed by atoms with E-state index < -0.39 is 6.04 Å². The van der Waals surface area contributed by atoms with Crippen LogP contribution in [0.4, 0.5) is 0 Å². The van der Waals surface area contributed by atoms with Crippen molar-refractivity contribution in [3.05, 3.63) is 62.0 Å². The Morgan fingerprint density at radius 3 is 2.42 bits per heavy atom. The van der Waals surface area contributed by atoms with Crippen LogP contribution in [0.2, 0.25) is 10.0 Å². The lowest BCUT2D eigenvalue weighted by Crippen LogP contribution is -2.50. The van der Waals surface area contributed by atoms with Gasteiger partial charge in [-0.3, -0.25) is 9.59 Å². The van der Waals surface area contributed by atoms with Crippen LogP contribution >= 0.6 is 39.1 Å². The smallest absolute Gasteiger partial charge is 0.261 e. The number of nitrogens with zero attached hydrogens (tertiary/aromatic N) is 1. The maximum atomic E-state index is 13.3. The summed E-state index contributed by atoms with van der Waals surface area (Å²) >= 11 is 15.9. The van der Waals surface area contributed by atoms with Crippen LogP contribution in [-0.2, 0) is 22.6 Å². The van der Waals surface area contributed by atoms with E-state index in [0.717, 1.165) is 16.5 Å². The minimum absolute atomic E-state index is 0.168. The molecule has 0 bridgehead atoms. The SMILES string of the molecule is CCc1ccc(OCC(=O)N(Cc2ccc(Cl)cc2Cl)[C@@H](CC)C(=O)NCC(C)C)c(Br)c1. The molecule has 0 unspecified atom stereocenters. The van der Waals surface area contributed by atoms with Crippen LogP contribution in [0.1, 0.15) is 45.2 Å². The summed E-state index contributed by atoms with van der Waals surface area (Å²) in [6, 6.07) is 10.2. The summed E-state index contributed by atoms with van der Waals surface area (Å²) in [5.41, 5.74) is 1.87. The van der Waals surface area contributed by atoms with E-state index in [2.05, 4.69) is 28.2 Å². The van der Waals surface area contributed by atoms with Crippen molar-refractivity contribution < 1.29 is 14.3 Å². The van der Waals surface area contributed by atoms with Crippen LogP contribution in [0.15, 0.2) is 40.9 Å². The predicted molar refractivity (Wildman–Crippen MR) is 138 cm³/mol. The highest BCUT2D eigenvalue weighted by Crippen LogP contribution is 2.27. The number of hydrogen-bond donors (Lipinski definition) is 1. The first-order valence-electron chi connectivity index (χ1n) is 11.1. The second-order valence-corrected chi connectivity index (χ2v) is 9.93. The number of amides is 2. The average molecular weight is 558 g/mol. The number of ether oxygens (including phenoxy) is 1. The largest absolute Gasteiger partial charge is 0.483 e. The fourth-order valence-electron chi connectivity index (χ4n) is 3.28. The Bertz CT molecular complexity index is 969. The summed E-state index contributed by atoms with van der Waals surface area (Å²) in [7, 11) is 0. The van der Waals surface area contributed by atoms with Crippen molar-refractivity contribution in [2.75, 3.05) is 13.2 Å². The molecule has 1 N–H and O–H groups in total. The van der Waals surface area contributed by atoms with E-state index in [4.69, 9.17) is 27.9 Å². The van der Waals surface area contributed by atoms with Crippen molar-refractivity contribution in [3.8, 4) is 5.75 Å². The number of aryl methyl sites for hydroxylation is 1. The summed E-state index contributed by atoms with van der Waals surface area (Å²) in [5, 5.41) is 3.89. The highest BCUT2D eigenvalue weighted by molar-refractivity contribution is 9.10. The van der Waals surface area contributed by atoms with Crippen molar-refractivity contribution in [2.24, 2.45) is 5.92 Å². The minimum atomic E-state index is -0.655. The quantitative estimate of drug-likeness (QED) is 0.354. The van der Waals surface area contributed by atoms with Crippen LogP contribution in [0.5, 0.6) is 5.75 Å². The Kier molecular flexibility index (Phi) is 11.0. The lowest BCUT2D eigenvalue weighted by atomic mass is 10.1. The highest BCUT2D eigenvalue weighted by Gasteiger charge is 2.29. The summed E-state index contributed by atoms with van der Waals surface area (Å²) in [4.78, 5) is 27.8. The molecule has 0 aliphatic rings. The van der Waals surface area contributed by atoms with Crippen molar-refractivity contribution >= 4 is 50.9 Å². The molecule has 0 radical (unpaired) electrons. The molecule has 0 saturated heterocycles. The second-order valence-electron chi connectivity index (χ2n) is 8.23. The molecule has 33 heavy (non-hydrogen) atoms. The third kappa shape index (κ3) is 8.20. The Hall–Kier alpha value is -1.76. The van der Waals surface area contributed by atoms with Crippen molar-refractivity contribution in [3.63, 3.8) is 0 Å². The van der Waals surface area contributed by atoms with E-state index in [1.165, 1.54) is 4.90 Å². The van der Waals surface area contributed by atoms with Gasteiger partial charge in [0, 0.05) is 23.1 Å². The molecule has 8 heteroatoms. The zero-order valence-electron chi connectivity index (χ0n) is 19.5. The van der Waals surface area contributed by atoms with Gasteiger partial charge in [-0.05, 0) is 70.1 Å². The van der Waals surface area contributed by atoms with E-state index in [1.54, 1.807) is 18.2 Å². The average Bonchev–Trinajstić information content (AvgIpc) is 2.77.